The molecule has 0 bridgehead atoms. The molecule has 0 heteroatoms. The molecule has 1 aromatic rings. The van der Waals surface area contributed by atoms with Crippen LogP contribution in [0.2, 0.25) is 0 Å². The maximum atomic E-state index is 2.30. The van der Waals surface area contributed by atoms with E-state index in [1.807, 2.05) is 0 Å². The highest BCUT2D eigenvalue weighted by atomic mass is 14.1. The maximum Gasteiger partial charge on any atom is -0.0223 e. The van der Waals surface area contributed by atoms with E-state index in [2.05, 4.69) is 52.8 Å². The zero-order valence-electron chi connectivity index (χ0n) is 9.94. The number of hydrogen-bond donors (Lipinski definition) is 0. The average Bonchev–Trinajstić information content (AvgIpc) is 2.13. The van der Waals surface area contributed by atoms with E-state index in [9.17, 15) is 0 Å². The van der Waals surface area contributed by atoms with Crippen molar-refractivity contribution in [1.29, 1.82) is 0 Å². The van der Waals surface area contributed by atoms with Crippen molar-refractivity contribution < 1.29 is 0 Å². The van der Waals surface area contributed by atoms with Crippen molar-refractivity contribution in [2.75, 3.05) is 0 Å². The van der Waals surface area contributed by atoms with Gasteiger partial charge in [-0.15, -0.1) is 0 Å². The molecule has 76 valence electrons. The van der Waals surface area contributed by atoms with Gasteiger partial charge in [-0.05, 0) is 50.8 Å². The van der Waals surface area contributed by atoms with Crippen molar-refractivity contribution in [2.24, 2.45) is 0 Å². The second-order valence-electron chi connectivity index (χ2n) is 4.14. The number of rotatable bonds is 2. The Morgan fingerprint density at radius 1 is 1.21 bits per heavy atom. The van der Waals surface area contributed by atoms with Crippen LogP contribution in [-0.2, 0) is 0 Å². The van der Waals surface area contributed by atoms with Gasteiger partial charge < -0.3 is 0 Å². The molecular weight excluding hydrogens is 168 g/mol. The standard InChI is InChI=1S/C14H20/c1-6-10(2)8-14-9-11(3)7-12(4)13(14)5/h7-9H,6H2,1-5H3/b10-8+. The molecule has 0 radical (unpaired) electrons. The lowest BCUT2D eigenvalue weighted by Gasteiger charge is -2.07. The summed E-state index contributed by atoms with van der Waals surface area (Å²) in [6.45, 7) is 10.9. The van der Waals surface area contributed by atoms with Crippen LogP contribution in [0.4, 0.5) is 0 Å². The van der Waals surface area contributed by atoms with Gasteiger partial charge in [0.15, 0.2) is 0 Å². The van der Waals surface area contributed by atoms with E-state index in [1.165, 1.54) is 27.8 Å². The van der Waals surface area contributed by atoms with Gasteiger partial charge in [-0.1, -0.05) is 36.3 Å². The van der Waals surface area contributed by atoms with Crippen molar-refractivity contribution >= 4 is 6.08 Å². The van der Waals surface area contributed by atoms with E-state index in [-0.39, 0.29) is 0 Å². The summed E-state index contributed by atoms with van der Waals surface area (Å²) < 4.78 is 0. The first kappa shape index (κ1) is 11.0. The van der Waals surface area contributed by atoms with Gasteiger partial charge >= 0.3 is 0 Å². The minimum Gasteiger partial charge on any atom is -0.0730 e. The fraction of sp³-hybridized carbons (Fsp3) is 0.429. The summed E-state index contributed by atoms with van der Waals surface area (Å²) in [6, 6.07) is 4.51. The number of benzene rings is 1. The molecule has 0 aliphatic carbocycles. The lowest BCUT2D eigenvalue weighted by Crippen LogP contribution is -1.89. The van der Waals surface area contributed by atoms with Crippen LogP contribution in [0.15, 0.2) is 17.7 Å². The molecule has 14 heavy (non-hydrogen) atoms. The summed E-state index contributed by atoms with van der Waals surface area (Å²) in [5.41, 5.74) is 6.96. The summed E-state index contributed by atoms with van der Waals surface area (Å²) in [5.74, 6) is 0. The molecular formula is C14H20. The van der Waals surface area contributed by atoms with Crippen LogP contribution in [0.1, 0.15) is 42.5 Å². The predicted octanol–water partition coefficient (Wildman–Crippen LogP) is 4.43. The molecule has 0 amide bonds. The molecule has 0 N–H and O–H groups in total. The zero-order valence-corrected chi connectivity index (χ0v) is 9.94. The zero-order chi connectivity index (χ0) is 10.7. The van der Waals surface area contributed by atoms with Crippen LogP contribution < -0.4 is 0 Å². The first-order valence-electron chi connectivity index (χ1n) is 5.29. The van der Waals surface area contributed by atoms with Crippen LogP contribution in [0, 0.1) is 20.8 Å². The molecule has 0 atom stereocenters. The largest absolute Gasteiger partial charge is 0.0730 e. The predicted molar refractivity (Wildman–Crippen MR) is 64.6 cm³/mol. The molecule has 0 aliphatic rings. The van der Waals surface area contributed by atoms with E-state index in [1.54, 1.807) is 0 Å². The summed E-state index contributed by atoms with van der Waals surface area (Å²) >= 11 is 0. The highest BCUT2D eigenvalue weighted by molar-refractivity contribution is 5.58. The van der Waals surface area contributed by atoms with E-state index >= 15 is 0 Å². The van der Waals surface area contributed by atoms with Gasteiger partial charge in [0.1, 0.15) is 0 Å². The average molecular weight is 188 g/mol. The van der Waals surface area contributed by atoms with Crippen LogP contribution in [0.3, 0.4) is 0 Å². The van der Waals surface area contributed by atoms with E-state index in [0.29, 0.717) is 0 Å². The third-order valence-electron chi connectivity index (χ3n) is 2.81. The van der Waals surface area contributed by atoms with Crippen LogP contribution >= 0.6 is 0 Å². The normalized spacial score (nSPS) is 11.9. The second kappa shape index (κ2) is 4.45. The van der Waals surface area contributed by atoms with Crippen molar-refractivity contribution in [1.82, 2.24) is 0 Å². The molecule has 0 aromatic heterocycles. The Kier molecular flexibility index (Phi) is 3.51. The van der Waals surface area contributed by atoms with Crippen molar-refractivity contribution in [3.63, 3.8) is 0 Å². The summed E-state index contributed by atoms with van der Waals surface area (Å²) in [6.07, 6.45) is 3.43. The Morgan fingerprint density at radius 3 is 2.43 bits per heavy atom. The van der Waals surface area contributed by atoms with Gasteiger partial charge in [0.25, 0.3) is 0 Å². The van der Waals surface area contributed by atoms with Crippen LogP contribution in [0.5, 0.6) is 0 Å². The molecule has 0 aliphatic heterocycles. The fourth-order valence-electron chi connectivity index (χ4n) is 1.59. The lowest BCUT2D eigenvalue weighted by molar-refractivity contribution is 1.11. The number of allylic oxidation sites excluding steroid dienone is 1. The number of aryl methyl sites for hydroxylation is 2. The van der Waals surface area contributed by atoms with Gasteiger partial charge in [-0.25, -0.2) is 0 Å². The van der Waals surface area contributed by atoms with Gasteiger partial charge in [-0.2, -0.15) is 0 Å². The van der Waals surface area contributed by atoms with E-state index < -0.39 is 0 Å². The quantitative estimate of drug-likeness (QED) is 0.644. The molecule has 0 fully saturated rings. The molecule has 0 unspecified atom stereocenters. The van der Waals surface area contributed by atoms with E-state index in [0.717, 1.165) is 6.42 Å². The first-order valence-corrected chi connectivity index (χ1v) is 5.29. The minimum atomic E-state index is 1.13. The Hall–Kier alpha value is -1.04. The van der Waals surface area contributed by atoms with Crippen LogP contribution in [0.25, 0.3) is 6.08 Å². The van der Waals surface area contributed by atoms with Gasteiger partial charge in [-0.3, -0.25) is 0 Å². The van der Waals surface area contributed by atoms with Gasteiger partial charge in [0.2, 0.25) is 0 Å². The smallest absolute Gasteiger partial charge is 0.0223 e. The third-order valence-corrected chi connectivity index (χ3v) is 2.81. The highest BCUT2D eigenvalue weighted by Crippen LogP contribution is 2.19. The summed E-state index contributed by atoms with van der Waals surface area (Å²) in [7, 11) is 0. The molecule has 0 heterocycles. The van der Waals surface area contributed by atoms with Gasteiger partial charge in [0, 0.05) is 0 Å². The Balaban J connectivity index is 3.21. The summed E-state index contributed by atoms with van der Waals surface area (Å²) in [5, 5.41) is 0. The third kappa shape index (κ3) is 2.47. The van der Waals surface area contributed by atoms with Crippen molar-refractivity contribution in [2.45, 2.75) is 41.0 Å². The van der Waals surface area contributed by atoms with Crippen molar-refractivity contribution in [3.8, 4) is 0 Å². The SMILES string of the molecule is CC/C(C)=C/c1cc(C)cc(C)c1C. The highest BCUT2D eigenvalue weighted by Gasteiger charge is 2.00. The fourth-order valence-corrected chi connectivity index (χ4v) is 1.59. The van der Waals surface area contributed by atoms with Crippen LogP contribution in [-0.4, -0.2) is 0 Å². The van der Waals surface area contributed by atoms with E-state index in [4.69, 9.17) is 0 Å². The van der Waals surface area contributed by atoms with Gasteiger partial charge in [0.05, 0.1) is 0 Å². The number of hydrogen-bond acceptors (Lipinski definition) is 0. The molecule has 1 aromatic carbocycles. The molecule has 0 saturated carbocycles. The lowest BCUT2D eigenvalue weighted by atomic mass is 9.98. The second-order valence-corrected chi connectivity index (χ2v) is 4.14. The molecule has 0 nitrogen and oxygen atoms in total. The summed E-state index contributed by atoms with van der Waals surface area (Å²) in [4.78, 5) is 0. The topological polar surface area (TPSA) is 0 Å². The Morgan fingerprint density at radius 2 is 1.86 bits per heavy atom. The minimum absolute atomic E-state index is 1.13. The monoisotopic (exact) mass is 188 g/mol. The first-order chi connectivity index (χ1) is 6.54. The Bertz CT molecular complexity index is 357. The molecule has 1 rings (SSSR count). The van der Waals surface area contributed by atoms with Crippen molar-refractivity contribution in [3.05, 3.63) is 40.0 Å². The maximum absolute atomic E-state index is 2.30. The molecule has 0 spiro atoms. The molecule has 0 saturated heterocycles. The Labute approximate surface area is 87.7 Å².